The average molecular weight is 243 g/mol. The average Bonchev–Trinajstić information content (AvgIpc) is 2.38. The van der Waals surface area contributed by atoms with Crippen molar-refractivity contribution in [1.82, 2.24) is 0 Å². The van der Waals surface area contributed by atoms with Gasteiger partial charge in [0.1, 0.15) is 17.2 Å². The minimum atomic E-state index is 0.125. The normalized spacial score (nSPS) is 10.7. The van der Waals surface area contributed by atoms with Gasteiger partial charge in [0.05, 0.1) is 12.8 Å². The van der Waals surface area contributed by atoms with Gasteiger partial charge in [0.25, 0.3) is 0 Å². The fourth-order valence-corrected chi connectivity index (χ4v) is 1.48. The van der Waals surface area contributed by atoms with Gasteiger partial charge in [0, 0.05) is 17.8 Å². The second-order valence-electron chi connectivity index (χ2n) is 3.70. The summed E-state index contributed by atoms with van der Waals surface area (Å²) in [4.78, 5) is 4.17. The monoisotopic (exact) mass is 243 g/mol. The predicted octanol–water partition coefficient (Wildman–Crippen LogP) is 2.86. The first-order valence-electron chi connectivity index (χ1n) is 5.39. The highest BCUT2D eigenvalue weighted by molar-refractivity contribution is 5.86. The molecule has 0 bridgehead atoms. The molecule has 2 rings (SSSR count). The Hall–Kier alpha value is -2.49. The van der Waals surface area contributed by atoms with E-state index in [0.29, 0.717) is 17.0 Å². The Bertz CT molecular complexity index is 579. The Morgan fingerprint density at radius 1 is 1.11 bits per heavy atom. The molecule has 0 saturated heterocycles. The van der Waals surface area contributed by atoms with Crippen molar-refractivity contribution in [3.8, 4) is 17.2 Å². The van der Waals surface area contributed by atoms with Crippen LogP contribution in [0.2, 0.25) is 0 Å². The van der Waals surface area contributed by atoms with E-state index in [-0.39, 0.29) is 11.5 Å². The summed E-state index contributed by atoms with van der Waals surface area (Å²) in [7, 11) is 1.56. The third-order valence-corrected chi connectivity index (χ3v) is 2.42. The number of phenols is 2. The van der Waals surface area contributed by atoms with Gasteiger partial charge in [0.2, 0.25) is 0 Å². The van der Waals surface area contributed by atoms with Crippen LogP contribution in [0, 0.1) is 0 Å². The molecule has 0 aromatic heterocycles. The Labute approximate surface area is 105 Å². The fraction of sp³-hybridized carbons (Fsp3) is 0.0714. The predicted molar refractivity (Wildman–Crippen MR) is 70.0 cm³/mol. The first kappa shape index (κ1) is 12.0. The van der Waals surface area contributed by atoms with Crippen molar-refractivity contribution in [3.63, 3.8) is 0 Å². The second kappa shape index (κ2) is 5.23. The van der Waals surface area contributed by atoms with Crippen molar-refractivity contribution in [3.05, 3.63) is 48.0 Å². The van der Waals surface area contributed by atoms with E-state index in [9.17, 15) is 10.2 Å². The van der Waals surface area contributed by atoms with Crippen molar-refractivity contribution in [2.45, 2.75) is 0 Å². The number of phenolic OH excluding ortho intramolecular Hbond substituents is 2. The van der Waals surface area contributed by atoms with E-state index in [4.69, 9.17) is 4.74 Å². The van der Waals surface area contributed by atoms with E-state index in [1.54, 1.807) is 43.5 Å². The Kier molecular flexibility index (Phi) is 3.48. The van der Waals surface area contributed by atoms with Crippen molar-refractivity contribution < 1.29 is 14.9 Å². The molecular weight excluding hydrogens is 230 g/mol. The molecule has 4 nitrogen and oxygen atoms in total. The lowest BCUT2D eigenvalue weighted by Crippen LogP contribution is -1.86. The van der Waals surface area contributed by atoms with Crippen LogP contribution in [0.3, 0.4) is 0 Å². The van der Waals surface area contributed by atoms with Gasteiger partial charge in [-0.2, -0.15) is 0 Å². The van der Waals surface area contributed by atoms with Crippen LogP contribution in [0.15, 0.2) is 47.5 Å². The van der Waals surface area contributed by atoms with Gasteiger partial charge < -0.3 is 14.9 Å². The number of aliphatic imine (C=N–C) groups is 1. The second-order valence-corrected chi connectivity index (χ2v) is 3.70. The third-order valence-electron chi connectivity index (χ3n) is 2.42. The maximum atomic E-state index is 9.67. The Morgan fingerprint density at radius 2 is 1.94 bits per heavy atom. The van der Waals surface area contributed by atoms with E-state index in [2.05, 4.69) is 4.99 Å². The quantitative estimate of drug-likeness (QED) is 0.815. The van der Waals surface area contributed by atoms with Crippen LogP contribution in [0.25, 0.3) is 0 Å². The number of methoxy groups -OCH3 is 1. The first-order valence-corrected chi connectivity index (χ1v) is 5.39. The van der Waals surface area contributed by atoms with E-state index in [1.165, 1.54) is 12.3 Å². The van der Waals surface area contributed by atoms with E-state index in [1.807, 2.05) is 0 Å². The minimum absolute atomic E-state index is 0.125. The first-order chi connectivity index (χ1) is 8.69. The van der Waals surface area contributed by atoms with Gasteiger partial charge in [-0.05, 0) is 30.3 Å². The number of ether oxygens (including phenoxy) is 1. The molecule has 18 heavy (non-hydrogen) atoms. The van der Waals surface area contributed by atoms with E-state index >= 15 is 0 Å². The molecule has 0 radical (unpaired) electrons. The van der Waals surface area contributed by atoms with Crippen molar-refractivity contribution in [1.29, 1.82) is 0 Å². The molecule has 0 fully saturated rings. The molecule has 0 aliphatic rings. The molecule has 0 unspecified atom stereocenters. The zero-order chi connectivity index (χ0) is 13.0. The number of aromatic hydroxyl groups is 2. The number of benzene rings is 2. The summed E-state index contributed by atoms with van der Waals surface area (Å²) in [6.45, 7) is 0. The molecule has 0 atom stereocenters. The standard InChI is InChI=1S/C14H13NO3/c1-18-13-5-6-14(17)10(7-13)9-15-11-3-2-4-12(16)8-11/h2-9,16-17H,1H3. The van der Waals surface area contributed by atoms with Gasteiger partial charge >= 0.3 is 0 Å². The maximum Gasteiger partial charge on any atom is 0.124 e. The van der Waals surface area contributed by atoms with Crippen molar-refractivity contribution in [2.24, 2.45) is 4.99 Å². The summed E-state index contributed by atoms with van der Waals surface area (Å²) in [5.74, 6) is 0.921. The zero-order valence-corrected chi connectivity index (χ0v) is 9.87. The van der Waals surface area contributed by atoms with Crippen LogP contribution in [0.4, 0.5) is 5.69 Å². The Balaban J connectivity index is 2.28. The van der Waals surface area contributed by atoms with Crippen molar-refractivity contribution >= 4 is 11.9 Å². The van der Waals surface area contributed by atoms with Gasteiger partial charge in [-0.1, -0.05) is 6.07 Å². The van der Waals surface area contributed by atoms with Crippen LogP contribution < -0.4 is 4.74 Å². The molecule has 0 heterocycles. The summed E-state index contributed by atoms with van der Waals surface area (Å²) in [6, 6.07) is 11.5. The molecule has 0 amide bonds. The lowest BCUT2D eigenvalue weighted by Gasteiger charge is -2.03. The summed E-state index contributed by atoms with van der Waals surface area (Å²) >= 11 is 0. The van der Waals surface area contributed by atoms with E-state index < -0.39 is 0 Å². The molecule has 2 aromatic carbocycles. The number of hydrogen-bond acceptors (Lipinski definition) is 4. The molecule has 0 saturated carbocycles. The summed E-state index contributed by atoms with van der Waals surface area (Å²) in [5, 5.41) is 19.0. The molecule has 0 aliphatic heterocycles. The van der Waals surface area contributed by atoms with Crippen LogP contribution >= 0.6 is 0 Å². The molecule has 92 valence electrons. The summed E-state index contributed by atoms with van der Waals surface area (Å²) in [6.07, 6.45) is 1.52. The zero-order valence-electron chi connectivity index (χ0n) is 9.87. The Morgan fingerprint density at radius 3 is 2.67 bits per heavy atom. The van der Waals surface area contributed by atoms with E-state index in [0.717, 1.165) is 0 Å². The molecule has 0 aliphatic carbocycles. The SMILES string of the molecule is COc1ccc(O)c(C=Nc2cccc(O)c2)c1. The highest BCUT2D eigenvalue weighted by Gasteiger charge is 2.00. The number of nitrogens with zero attached hydrogens (tertiary/aromatic N) is 1. The van der Waals surface area contributed by atoms with Crippen LogP contribution in [0.5, 0.6) is 17.2 Å². The lowest BCUT2D eigenvalue weighted by molar-refractivity contribution is 0.412. The van der Waals surface area contributed by atoms with Crippen molar-refractivity contribution in [2.75, 3.05) is 7.11 Å². The molecule has 2 N–H and O–H groups in total. The van der Waals surface area contributed by atoms with Crippen LogP contribution in [-0.2, 0) is 0 Å². The summed E-state index contributed by atoms with van der Waals surface area (Å²) in [5.41, 5.74) is 1.16. The largest absolute Gasteiger partial charge is 0.508 e. The minimum Gasteiger partial charge on any atom is -0.508 e. The lowest BCUT2D eigenvalue weighted by atomic mass is 10.2. The molecule has 4 heteroatoms. The fourth-order valence-electron chi connectivity index (χ4n) is 1.48. The third kappa shape index (κ3) is 2.79. The van der Waals surface area contributed by atoms with Gasteiger partial charge in [-0.3, -0.25) is 4.99 Å². The summed E-state index contributed by atoms with van der Waals surface area (Å²) < 4.78 is 5.07. The number of rotatable bonds is 3. The molecule has 0 spiro atoms. The van der Waals surface area contributed by atoms with Gasteiger partial charge in [0.15, 0.2) is 0 Å². The number of hydrogen-bond donors (Lipinski definition) is 2. The highest BCUT2D eigenvalue weighted by Crippen LogP contribution is 2.23. The highest BCUT2D eigenvalue weighted by atomic mass is 16.5. The van der Waals surface area contributed by atoms with Gasteiger partial charge in [-0.15, -0.1) is 0 Å². The molecule has 2 aromatic rings. The molecular formula is C14H13NO3. The topological polar surface area (TPSA) is 62.0 Å². The van der Waals surface area contributed by atoms with Crippen LogP contribution in [0.1, 0.15) is 5.56 Å². The van der Waals surface area contributed by atoms with Crippen LogP contribution in [-0.4, -0.2) is 23.5 Å². The maximum absolute atomic E-state index is 9.67. The van der Waals surface area contributed by atoms with Gasteiger partial charge in [-0.25, -0.2) is 0 Å². The smallest absolute Gasteiger partial charge is 0.124 e.